The molecule has 0 aliphatic heterocycles. The van der Waals surface area contributed by atoms with Gasteiger partial charge in [-0.15, -0.1) is 0 Å². The van der Waals surface area contributed by atoms with E-state index in [0.717, 1.165) is 16.5 Å². The molecule has 0 saturated heterocycles. The monoisotopic (exact) mass is 293 g/mol. The van der Waals surface area contributed by atoms with Crippen molar-refractivity contribution in [1.82, 2.24) is 5.32 Å². The lowest BCUT2D eigenvalue weighted by atomic mass is 10.1. The third-order valence-electron chi connectivity index (χ3n) is 4.14. The van der Waals surface area contributed by atoms with Crippen molar-refractivity contribution in [3.63, 3.8) is 0 Å². The van der Waals surface area contributed by atoms with Crippen LogP contribution in [0.25, 0.3) is 11.0 Å². The van der Waals surface area contributed by atoms with E-state index in [1.165, 1.54) is 0 Å². The molecular weight excluding hydrogens is 278 g/mol. The van der Waals surface area contributed by atoms with Gasteiger partial charge >= 0.3 is 0 Å². The van der Waals surface area contributed by atoms with Crippen molar-refractivity contribution in [3.05, 3.63) is 71.5 Å². The van der Waals surface area contributed by atoms with Crippen LogP contribution in [0.15, 0.2) is 59.0 Å². The van der Waals surface area contributed by atoms with E-state index in [1.807, 2.05) is 48.5 Å². The number of rotatable bonds is 2. The summed E-state index contributed by atoms with van der Waals surface area (Å²) in [6, 6.07) is 16.6. The molecule has 2 unspecified atom stereocenters. The van der Waals surface area contributed by atoms with E-state index < -0.39 is 12.1 Å². The van der Waals surface area contributed by atoms with E-state index in [2.05, 4.69) is 5.32 Å². The van der Waals surface area contributed by atoms with Gasteiger partial charge in [-0.2, -0.15) is 0 Å². The van der Waals surface area contributed by atoms with E-state index in [1.54, 1.807) is 6.07 Å². The fourth-order valence-electron chi connectivity index (χ4n) is 3.05. The first-order chi connectivity index (χ1) is 10.7. The number of carbonyl (C=O) groups is 1. The zero-order chi connectivity index (χ0) is 15.1. The van der Waals surface area contributed by atoms with Crippen LogP contribution in [0.5, 0.6) is 0 Å². The molecule has 110 valence electrons. The second-order valence-electron chi connectivity index (χ2n) is 5.57. The molecule has 1 aromatic heterocycles. The maximum atomic E-state index is 12.4. The molecule has 4 heteroatoms. The van der Waals surface area contributed by atoms with Gasteiger partial charge in [0.1, 0.15) is 5.58 Å². The van der Waals surface area contributed by atoms with Crippen LogP contribution in [0.3, 0.4) is 0 Å². The van der Waals surface area contributed by atoms with Crippen molar-refractivity contribution in [3.8, 4) is 0 Å². The fourth-order valence-corrected chi connectivity index (χ4v) is 3.05. The van der Waals surface area contributed by atoms with Gasteiger partial charge in [-0.3, -0.25) is 4.79 Å². The quantitative estimate of drug-likeness (QED) is 0.763. The molecule has 3 aromatic rings. The topological polar surface area (TPSA) is 62.5 Å². The van der Waals surface area contributed by atoms with Crippen LogP contribution < -0.4 is 5.32 Å². The maximum Gasteiger partial charge on any atom is 0.287 e. The highest BCUT2D eigenvalue weighted by Gasteiger charge is 2.32. The normalized spacial score (nSPS) is 20.0. The smallest absolute Gasteiger partial charge is 0.287 e. The Balaban J connectivity index is 1.62. The minimum Gasteiger partial charge on any atom is -0.451 e. The average molecular weight is 293 g/mol. The Labute approximate surface area is 127 Å². The highest BCUT2D eigenvalue weighted by molar-refractivity contribution is 5.96. The number of aliphatic hydroxyl groups excluding tert-OH is 1. The third-order valence-corrected chi connectivity index (χ3v) is 4.14. The van der Waals surface area contributed by atoms with Crippen molar-refractivity contribution in [2.24, 2.45) is 0 Å². The average Bonchev–Trinajstić information content (AvgIpc) is 3.09. The van der Waals surface area contributed by atoms with E-state index in [0.29, 0.717) is 12.0 Å². The molecule has 1 amide bonds. The Bertz CT molecular complexity index is 819. The van der Waals surface area contributed by atoms with Crippen molar-refractivity contribution in [2.75, 3.05) is 0 Å². The predicted molar refractivity (Wildman–Crippen MR) is 82.6 cm³/mol. The molecule has 0 spiro atoms. The molecule has 4 nitrogen and oxygen atoms in total. The summed E-state index contributed by atoms with van der Waals surface area (Å²) in [5.41, 5.74) is 2.73. The second-order valence-corrected chi connectivity index (χ2v) is 5.57. The SMILES string of the molecule is O=C(NC1c2ccccc2CC1O)c1cc2ccccc2o1. The number of furan rings is 1. The van der Waals surface area contributed by atoms with Gasteiger partial charge in [0.05, 0.1) is 12.1 Å². The highest BCUT2D eigenvalue weighted by Crippen LogP contribution is 2.31. The van der Waals surface area contributed by atoms with Gasteiger partial charge in [-0.25, -0.2) is 0 Å². The number of amides is 1. The summed E-state index contributed by atoms with van der Waals surface area (Å²) in [6.07, 6.45) is -0.0490. The van der Waals surface area contributed by atoms with Crippen molar-refractivity contribution in [2.45, 2.75) is 18.6 Å². The lowest BCUT2D eigenvalue weighted by molar-refractivity contribution is 0.0834. The van der Waals surface area contributed by atoms with Crippen LogP contribution >= 0.6 is 0 Å². The van der Waals surface area contributed by atoms with Crippen LogP contribution in [0.2, 0.25) is 0 Å². The minimum absolute atomic E-state index is 0.262. The van der Waals surface area contributed by atoms with E-state index >= 15 is 0 Å². The first kappa shape index (κ1) is 13.1. The van der Waals surface area contributed by atoms with E-state index in [9.17, 15) is 9.90 Å². The molecule has 0 fully saturated rings. The lowest BCUT2D eigenvalue weighted by Crippen LogP contribution is -2.33. The van der Waals surface area contributed by atoms with Gasteiger partial charge in [-0.05, 0) is 23.3 Å². The van der Waals surface area contributed by atoms with Gasteiger partial charge < -0.3 is 14.8 Å². The summed E-state index contributed by atoms with van der Waals surface area (Å²) in [5.74, 6) is -0.0465. The molecular formula is C18H15NO3. The Morgan fingerprint density at radius 2 is 1.91 bits per heavy atom. The molecule has 0 bridgehead atoms. The van der Waals surface area contributed by atoms with Crippen molar-refractivity contribution < 1.29 is 14.3 Å². The Morgan fingerprint density at radius 1 is 1.14 bits per heavy atom. The number of para-hydroxylation sites is 1. The largest absolute Gasteiger partial charge is 0.451 e. The Hall–Kier alpha value is -2.59. The summed E-state index contributed by atoms with van der Waals surface area (Å²) < 4.78 is 5.57. The van der Waals surface area contributed by atoms with Crippen molar-refractivity contribution in [1.29, 1.82) is 0 Å². The van der Waals surface area contributed by atoms with Gasteiger partial charge in [0.2, 0.25) is 0 Å². The first-order valence-corrected chi connectivity index (χ1v) is 7.28. The summed E-state index contributed by atoms with van der Waals surface area (Å²) in [4.78, 5) is 12.4. The van der Waals surface area contributed by atoms with Gasteiger partial charge in [0.15, 0.2) is 5.76 Å². The standard InChI is InChI=1S/C18H15NO3/c20-14-9-11-5-1-3-7-13(11)17(14)19-18(21)16-10-12-6-2-4-8-15(12)22-16/h1-8,10,14,17,20H,9H2,(H,19,21). The van der Waals surface area contributed by atoms with Crippen LogP contribution in [0.4, 0.5) is 0 Å². The molecule has 22 heavy (non-hydrogen) atoms. The molecule has 2 N–H and O–H groups in total. The molecule has 1 aliphatic carbocycles. The number of carbonyl (C=O) groups excluding carboxylic acids is 1. The number of hydrogen-bond acceptors (Lipinski definition) is 3. The van der Waals surface area contributed by atoms with Gasteiger partial charge in [0.25, 0.3) is 5.91 Å². The Kier molecular flexibility index (Phi) is 2.98. The highest BCUT2D eigenvalue weighted by atomic mass is 16.3. The van der Waals surface area contributed by atoms with Crippen LogP contribution in [0.1, 0.15) is 27.7 Å². The van der Waals surface area contributed by atoms with Crippen molar-refractivity contribution >= 4 is 16.9 Å². The molecule has 4 rings (SSSR count). The number of hydrogen-bond donors (Lipinski definition) is 2. The number of fused-ring (bicyclic) bond motifs is 2. The summed E-state index contributed by atoms with van der Waals surface area (Å²) in [7, 11) is 0. The molecule has 1 aliphatic rings. The van der Waals surface area contributed by atoms with Gasteiger partial charge in [-0.1, -0.05) is 42.5 Å². The summed E-state index contributed by atoms with van der Waals surface area (Å²) >= 11 is 0. The third kappa shape index (κ3) is 2.09. The van der Waals surface area contributed by atoms with Crippen LogP contribution in [-0.4, -0.2) is 17.1 Å². The van der Waals surface area contributed by atoms with Crippen LogP contribution in [-0.2, 0) is 6.42 Å². The van der Waals surface area contributed by atoms with E-state index in [-0.39, 0.29) is 11.7 Å². The Morgan fingerprint density at radius 3 is 2.77 bits per heavy atom. The predicted octanol–water partition coefficient (Wildman–Crippen LogP) is 2.82. The zero-order valence-electron chi connectivity index (χ0n) is 11.8. The molecule has 0 radical (unpaired) electrons. The van der Waals surface area contributed by atoms with Crippen LogP contribution in [0, 0.1) is 0 Å². The molecule has 2 atom stereocenters. The van der Waals surface area contributed by atoms with E-state index in [4.69, 9.17) is 4.42 Å². The first-order valence-electron chi connectivity index (χ1n) is 7.28. The number of benzene rings is 2. The number of aliphatic hydroxyl groups is 1. The number of nitrogens with one attached hydrogen (secondary N) is 1. The zero-order valence-corrected chi connectivity index (χ0v) is 11.8. The lowest BCUT2D eigenvalue weighted by Gasteiger charge is -2.17. The van der Waals surface area contributed by atoms with Gasteiger partial charge in [0, 0.05) is 11.8 Å². The molecule has 2 aromatic carbocycles. The molecule has 0 saturated carbocycles. The summed E-state index contributed by atoms with van der Waals surface area (Å²) in [6.45, 7) is 0. The molecule has 1 heterocycles. The minimum atomic E-state index is -0.606. The maximum absolute atomic E-state index is 12.4. The second kappa shape index (κ2) is 5.00. The fraction of sp³-hybridized carbons (Fsp3) is 0.167. The summed E-state index contributed by atoms with van der Waals surface area (Å²) in [5, 5.41) is 14.0.